The van der Waals surface area contributed by atoms with E-state index < -0.39 is 0 Å². The van der Waals surface area contributed by atoms with Crippen molar-refractivity contribution in [1.82, 2.24) is 15.2 Å². The molecule has 0 radical (unpaired) electrons. The van der Waals surface area contributed by atoms with E-state index >= 15 is 0 Å². The highest BCUT2D eigenvalue weighted by Gasteiger charge is 2.37. The number of aromatic nitrogens is 1. The van der Waals surface area contributed by atoms with Gasteiger partial charge in [0.15, 0.2) is 0 Å². The second-order valence-electron chi connectivity index (χ2n) is 5.32. The lowest BCUT2D eigenvalue weighted by Gasteiger charge is -2.24. The van der Waals surface area contributed by atoms with E-state index in [1.165, 1.54) is 43.1 Å². The number of hydrogen-bond acceptors (Lipinski definition) is 4. The molecule has 0 aliphatic carbocycles. The van der Waals surface area contributed by atoms with Gasteiger partial charge in [-0.25, -0.2) is 4.98 Å². The third-order valence-electron chi connectivity index (χ3n) is 4.15. The molecule has 2 fully saturated rings. The Morgan fingerprint density at radius 3 is 3.12 bits per heavy atom. The van der Waals surface area contributed by atoms with E-state index in [4.69, 9.17) is 0 Å². The Morgan fingerprint density at radius 2 is 2.35 bits per heavy atom. The summed E-state index contributed by atoms with van der Waals surface area (Å²) in [6.45, 7) is 6.92. The minimum Gasteiger partial charge on any atom is -0.304 e. The smallest absolute Gasteiger partial charge is 0.0898 e. The maximum Gasteiger partial charge on any atom is 0.0898 e. The molecule has 0 amide bonds. The van der Waals surface area contributed by atoms with Crippen LogP contribution < -0.4 is 5.32 Å². The molecule has 0 spiro atoms. The van der Waals surface area contributed by atoms with Crippen LogP contribution in [0.5, 0.6) is 0 Å². The molecule has 3 unspecified atom stereocenters. The van der Waals surface area contributed by atoms with Gasteiger partial charge in [0.25, 0.3) is 0 Å². The number of fused-ring (bicyclic) bond motifs is 1. The van der Waals surface area contributed by atoms with Crippen molar-refractivity contribution in [1.29, 1.82) is 0 Å². The molecule has 2 aliphatic rings. The summed E-state index contributed by atoms with van der Waals surface area (Å²) < 4.78 is 0. The monoisotopic (exact) mass is 251 g/mol. The molecule has 3 heterocycles. The second kappa shape index (κ2) is 4.67. The standard InChI is InChI=1S/C13H21N3S/c1-9(12-8-17-10(2)15-12)14-11-5-7-16-6-3-4-13(11)16/h8-9,11,13-14H,3-7H2,1-2H3. The molecule has 0 saturated carbocycles. The summed E-state index contributed by atoms with van der Waals surface area (Å²) in [6, 6.07) is 1.86. The minimum absolute atomic E-state index is 0.394. The van der Waals surface area contributed by atoms with E-state index in [1.54, 1.807) is 11.3 Å². The summed E-state index contributed by atoms with van der Waals surface area (Å²) >= 11 is 1.75. The van der Waals surface area contributed by atoms with Crippen LogP contribution in [0.3, 0.4) is 0 Å². The molecule has 94 valence electrons. The molecule has 3 nitrogen and oxygen atoms in total. The summed E-state index contributed by atoms with van der Waals surface area (Å²) in [5.74, 6) is 0. The quantitative estimate of drug-likeness (QED) is 0.894. The van der Waals surface area contributed by atoms with Crippen LogP contribution in [0.2, 0.25) is 0 Å². The van der Waals surface area contributed by atoms with Gasteiger partial charge in [0, 0.05) is 30.1 Å². The van der Waals surface area contributed by atoms with E-state index in [0.29, 0.717) is 12.1 Å². The number of aryl methyl sites for hydroxylation is 1. The third kappa shape index (κ3) is 2.26. The van der Waals surface area contributed by atoms with Gasteiger partial charge in [-0.15, -0.1) is 11.3 Å². The molecule has 0 bridgehead atoms. The predicted octanol–water partition coefficient (Wildman–Crippen LogP) is 2.34. The first-order valence-corrected chi connectivity index (χ1v) is 7.54. The zero-order chi connectivity index (χ0) is 11.8. The molecular weight excluding hydrogens is 230 g/mol. The van der Waals surface area contributed by atoms with Crippen molar-refractivity contribution >= 4 is 11.3 Å². The van der Waals surface area contributed by atoms with Crippen molar-refractivity contribution in [3.8, 4) is 0 Å². The van der Waals surface area contributed by atoms with E-state index in [1.807, 2.05) is 0 Å². The lowest BCUT2D eigenvalue weighted by molar-refractivity contribution is 0.290. The Labute approximate surface area is 107 Å². The normalized spacial score (nSPS) is 30.7. The van der Waals surface area contributed by atoms with Crippen molar-refractivity contribution in [2.45, 2.75) is 51.2 Å². The molecule has 4 heteroatoms. The van der Waals surface area contributed by atoms with E-state index in [-0.39, 0.29) is 0 Å². The van der Waals surface area contributed by atoms with E-state index in [9.17, 15) is 0 Å². The number of thiazole rings is 1. The van der Waals surface area contributed by atoms with Crippen LogP contribution in [0.4, 0.5) is 0 Å². The summed E-state index contributed by atoms with van der Waals surface area (Å²) in [6.07, 6.45) is 4.06. The summed E-state index contributed by atoms with van der Waals surface area (Å²) in [5.41, 5.74) is 1.21. The highest BCUT2D eigenvalue weighted by molar-refractivity contribution is 7.09. The lowest BCUT2D eigenvalue weighted by Crippen LogP contribution is -2.40. The highest BCUT2D eigenvalue weighted by Crippen LogP contribution is 2.29. The summed E-state index contributed by atoms with van der Waals surface area (Å²) in [4.78, 5) is 7.23. The lowest BCUT2D eigenvalue weighted by atomic mass is 10.1. The summed E-state index contributed by atoms with van der Waals surface area (Å²) in [5, 5.41) is 7.14. The van der Waals surface area contributed by atoms with E-state index in [2.05, 4.69) is 34.4 Å². The van der Waals surface area contributed by atoms with Gasteiger partial charge in [-0.05, 0) is 39.7 Å². The Hall–Kier alpha value is -0.450. The fraction of sp³-hybridized carbons (Fsp3) is 0.769. The molecule has 0 aromatic carbocycles. The SMILES string of the molecule is Cc1nc(C(C)NC2CCN3CCCC23)cs1. The molecule has 3 atom stereocenters. The van der Waals surface area contributed by atoms with Gasteiger partial charge >= 0.3 is 0 Å². The highest BCUT2D eigenvalue weighted by atomic mass is 32.1. The maximum absolute atomic E-state index is 4.58. The van der Waals surface area contributed by atoms with Crippen LogP contribution in [0.25, 0.3) is 0 Å². The van der Waals surface area contributed by atoms with Crippen molar-refractivity contribution in [3.05, 3.63) is 16.1 Å². The van der Waals surface area contributed by atoms with Gasteiger partial charge in [0.2, 0.25) is 0 Å². The van der Waals surface area contributed by atoms with E-state index in [0.717, 1.165) is 6.04 Å². The Kier molecular flexibility index (Phi) is 3.19. The first kappa shape index (κ1) is 11.6. The van der Waals surface area contributed by atoms with Gasteiger partial charge in [-0.1, -0.05) is 0 Å². The van der Waals surface area contributed by atoms with Crippen LogP contribution in [0.1, 0.15) is 42.9 Å². The average molecular weight is 251 g/mol. The first-order chi connectivity index (χ1) is 8.24. The number of rotatable bonds is 3. The number of nitrogens with one attached hydrogen (secondary N) is 1. The van der Waals surface area contributed by atoms with Gasteiger partial charge < -0.3 is 5.32 Å². The Morgan fingerprint density at radius 1 is 1.47 bits per heavy atom. The van der Waals surface area contributed by atoms with Crippen LogP contribution >= 0.6 is 11.3 Å². The van der Waals surface area contributed by atoms with Crippen molar-refractivity contribution < 1.29 is 0 Å². The molecule has 2 aliphatic heterocycles. The van der Waals surface area contributed by atoms with Crippen LogP contribution in [0.15, 0.2) is 5.38 Å². The largest absolute Gasteiger partial charge is 0.304 e. The third-order valence-corrected chi connectivity index (χ3v) is 4.94. The van der Waals surface area contributed by atoms with Crippen molar-refractivity contribution in [2.24, 2.45) is 0 Å². The minimum atomic E-state index is 0.394. The maximum atomic E-state index is 4.58. The average Bonchev–Trinajstić information content (AvgIpc) is 2.96. The van der Waals surface area contributed by atoms with Gasteiger partial charge in [0.05, 0.1) is 10.7 Å². The van der Waals surface area contributed by atoms with Crippen molar-refractivity contribution in [3.63, 3.8) is 0 Å². The molecule has 3 rings (SSSR count). The number of hydrogen-bond donors (Lipinski definition) is 1. The molecule has 17 heavy (non-hydrogen) atoms. The molecule has 2 saturated heterocycles. The first-order valence-electron chi connectivity index (χ1n) is 6.66. The zero-order valence-corrected chi connectivity index (χ0v) is 11.5. The molecule has 1 aromatic rings. The predicted molar refractivity (Wildman–Crippen MR) is 71.4 cm³/mol. The number of nitrogens with zero attached hydrogens (tertiary/aromatic N) is 2. The Bertz CT molecular complexity index is 390. The second-order valence-corrected chi connectivity index (χ2v) is 6.38. The summed E-state index contributed by atoms with van der Waals surface area (Å²) in [7, 11) is 0. The molecule has 1 N–H and O–H groups in total. The molecular formula is C13H21N3S. The zero-order valence-electron chi connectivity index (χ0n) is 10.6. The van der Waals surface area contributed by atoms with Crippen LogP contribution in [-0.2, 0) is 0 Å². The Balaban J connectivity index is 1.63. The fourth-order valence-electron chi connectivity index (χ4n) is 3.26. The van der Waals surface area contributed by atoms with Gasteiger partial charge in [-0.3, -0.25) is 4.90 Å². The van der Waals surface area contributed by atoms with Gasteiger partial charge in [0.1, 0.15) is 0 Å². The van der Waals surface area contributed by atoms with Gasteiger partial charge in [-0.2, -0.15) is 0 Å². The molecule has 1 aromatic heterocycles. The van der Waals surface area contributed by atoms with Crippen LogP contribution in [-0.4, -0.2) is 35.1 Å². The van der Waals surface area contributed by atoms with Crippen LogP contribution in [0, 0.1) is 6.92 Å². The van der Waals surface area contributed by atoms with Crippen molar-refractivity contribution in [2.75, 3.05) is 13.1 Å². The topological polar surface area (TPSA) is 28.2 Å². The fourth-order valence-corrected chi connectivity index (χ4v) is 3.97.